The summed E-state index contributed by atoms with van der Waals surface area (Å²) in [6, 6.07) is 0. The molecule has 1 aliphatic heterocycles. The van der Waals surface area contributed by atoms with Gasteiger partial charge in [0.25, 0.3) is 0 Å². The van der Waals surface area contributed by atoms with Crippen LogP contribution in [-0.2, 0) is 10.8 Å². The van der Waals surface area contributed by atoms with Crippen LogP contribution >= 0.6 is 11.8 Å². The Morgan fingerprint density at radius 1 is 1.64 bits per heavy atom. The van der Waals surface area contributed by atoms with E-state index in [0.29, 0.717) is 5.92 Å². The SMILES string of the molecule is CS(=O)CCC1CSCC1O. The number of aliphatic hydroxyl groups excluding tert-OH is 1. The van der Waals surface area contributed by atoms with Crippen LogP contribution in [0.3, 0.4) is 0 Å². The van der Waals surface area contributed by atoms with E-state index in [0.717, 1.165) is 23.7 Å². The van der Waals surface area contributed by atoms with E-state index in [2.05, 4.69) is 0 Å². The van der Waals surface area contributed by atoms with Crippen LogP contribution < -0.4 is 0 Å². The van der Waals surface area contributed by atoms with E-state index in [1.807, 2.05) is 0 Å². The highest BCUT2D eigenvalue weighted by molar-refractivity contribution is 7.99. The zero-order valence-corrected chi connectivity index (χ0v) is 8.29. The molecule has 1 aliphatic rings. The van der Waals surface area contributed by atoms with Gasteiger partial charge in [-0.2, -0.15) is 11.8 Å². The van der Waals surface area contributed by atoms with Crippen molar-refractivity contribution in [2.24, 2.45) is 5.92 Å². The average molecular weight is 194 g/mol. The quantitative estimate of drug-likeness (QED) is 0.710. The normalized spacial score (nSPS) is 34.0. The van der Waals surface area contributed by atoms with Gasteiger partial charge < -0.3 is 5.11 Å². The van der Waals surface area contributed by atoms with E-state index in [-0.39, 0.29) is 6.10 Å². The van der Waals surface area contributed by atoms with Crippen LogP contribution in [0.1, 0.15) is 6.42 Å². The molecule has 0 bridgehead atoms. The molecule has 0 radical (unpaired) electrons. The van der Waals surface area contributed by atoms with E-state index in [1.165, 1.54) is 0 Å². The smallest absolute Gasteiger partial charge is 0.0666 e. The Morgan fingerprint density at radius 2 is 2.36 bits per heavy atom. The standard InChI is InChI=1S/C7H14O2S2/c1-11(9)3-2-6-4-10-5-7(6)8/h6-8H,2-5H2,1H3. The van der Waals surface area contributed by atoms with Gasteiger partial charge in [-0.1, -0.05) is 0 Å². The van der Waals surface area contributed by atoms with Gasteiger partial charge in [0.2, 0.25) is 0 Å². The Hall–Kier alpha value is 0.460. The van der Waals surface area contributed by atoms with E-state index in [9.17, 15) is 9.32 Å². The van der Waals surface area contributed by atoms with Gasteiger partial charge in [-0.25, -0.2) is 0 Å². The van der Waals surface area contributed by atoms with Gasteiger partial charge >= 0.3 is 0 Å². The van der Waals surface area contributed by atoms with Gasteiger partial charge in [0.1, 0.15) is 0 Å². The summed E-state index contributed by atoms with van der Waals surface area (Å²) in [5.41, 5.74) is 0. The topological polar surface area (TPSA) is 37.3 Å². The molecule has 1 rings (SSSR count). The molecule has 0 aromatic rings. The molecule has 3 unspecified atom stereocenters. The van der Waals surface area contributed by atoms with Crippen LogP contribution in [0.5, 0.6) is 0 Å². The molecule has 1 N–H and O–H groups in total. The average Bonchev–Trinajstić information content (AvgIpc) is 2.31. The molecule has 0 amide bonds. The van der Waals surface area contributed by atoms with Crippen LogP contribution in [0.2, 0.25) is 0 Å². The first-order valence-electron chi connectivity index (χ1n) is 3.76. The molecule has 4 heteroatoms. The minimum absolute atomic E-state index is 0.149. The number of thioether (sulfide) groups is 1. The summed E-state index contributed by atoms with van der Waals surface area (Å²) in [4.78, 5) is 0. The fourth-order valence-electron chi connectivity index (χ4n) is 1.18. The summed E-state index contributed by atoms with van der Waals surface area (Å²) >= 11 is 1.79. The van der Waals surface area contributed by atoms with Crippen LogP contribution in [0, 0.1) is 5.92 Å². The number of hydrogen-bond donors (Lipinski definition) is 1. The Balaban J connectivity index is 2.20. The van der Waals surface area contributed by atoms with Crippen molar-refractivity contribution < 1.29 is 9.32 Å². The Kier molecular flexibility index (Phi) is 3.89. The third kappa shape index (κ3) is 3.13. The number of aliphatic hydroxyl groups is 1. The predicted octanol–water partition coefficient (Wildman–Crippen LogP) is 0.479. The van der Waals surface area contributed by atoms with Gasteiger partial charge in [-0.15, -0.1) is 0 Å². The van der Waals surface area contributed by atoms with Crippen molar-refractivity contribution in [1.29, 1.82) is 0 Å². The van der Waals surface area contributed by atoms with Gasteiger partial charge in [0, 0.05) is 28.6 Å². The first-order valence-corrected chi connectivity index (χ1v) is 6.64. The minimum Gasteiger partial charge on any atom is -0.392 e. The lowest BCUT2D eigenvalue weighted by Gasteiger charge is -2.11. The van der Waals surface area contributed by atoms with Crippen molar-refractivity contribution in [3.8, 4) is 0 Å². The fraction of sp³-hybridized carbons (Fsp3) is 1.00. The molecule has 2 nitrogen and oxygen atoms in total. The Bertz CT molecular complexity index is 149. The first-order chi connectivity index (χ1) is 5.20. The second kappa shape index (κ2) is 4.48. The number of hydrogen-bond acceptors (Lipinski definition) is 3. The number of rotatable bonds is 3. The molecule has 1 saturated heterocycles. The maximum atomic E-state index is 10.7. The van der Waals surface area contributed by atoms with Crippen molar-refractivity contribution in [3.05, 3.63) is 0 Å². The second-order valence-corrected chi connectivity index (χ2v) is 5.56. The van der Waals surface area contributed by atoms with Crippen LogP contribution in [0.25, 0.3) is 0 Å². The molecular formula is C7H14O2S2. The summed E-state index contributed by atoms with van der Waals surface area (Å²) < 4.78 is 10.7. The molecule has 3 atom stereocenters. The Morgan fingerprint density at radius 3 is 2.82 bits per heavy atom. The van der Waals surface area contributed by atoms with Crippen molar-refractivity contribution in [3.63, 3.8) is 0 Å². The van der Waals surface area contributed by atoms with Gasteiger partial charge in [-0.05, 0) is 18.1 Å². The molecule has 0 saturated carbocycles. The summed E-state index contributed by atoms with van der Waals surface area (Å²) in [6.07, 6.45) is 2.48. The zero-order chi connectivity index (χ0) is 8.27. The van der Waals surface area contributed by atoms with Crippen LogP contribution in [-0.4, -0.2) is 38.9 Å². The molecule has 0 spiro atoms. The minimum atomic E-state index is -0.697. The first kappa shape index (κ1) is 9.55. The van der Waals surface area contributed by atoms with Crippen molar-refractivity contribution >= 4 is 22.6 Å². The summed E-state index contributed by atoms with van der Waals surface area (Å²) in [5, 5.41) is 9.38. The van der Waals surface area contributed by atoms with Gasteiger partial charge in [-0.3, -0.25) is 4.21 Å². The molecule has 11 heavy (non-hydrogen) atoms. The maximum absolute atomic E-state index is 10.7. The molecule has 1 heterocycles. The highest BCUT2D eigenvalue weighted by Gasteiger charge is 2.25. The van der Waals surface area contributed by atoms with Gasteiger partial charge in [0.15, 0.2) is 0 Å². The molecule has 66 valence electrons. The van der Waals surface area contributed by atoms with Crippen LogP contribution in [0.4, 0.5) is 0 Å². The van der Waals surface area contributed by atoms with Gasteiger partial charge in [0.05, 0.1) is 6.10 Å². The van der Waals surface area contributed by atoms with Crippen molar-refractivity contribution in [1.82, 2.24) is 0 Å². The largest absolute Gasteiger partial charge is 0.392 e. The van der Waals surface area contributed by atoms with E-state index in [4.69, 9.17) is 0 Å². The van der Waals surface area contributed by atoms with E-state index in [1.54, 1.807) is 18.0 Å². The van der Waals surface area contributed by atoms with E-state index >= 15 is 0 Å². The lowest BCUT2D eigenvalue weighted by atomic mass is 10.0. The third-order valence-electron chi connectivity index (χ3n) is 1.94. The predicted molar refractivity (Wildman–Crippen MR) is 50.4 cm³/mol. The van der Waals surface area contributed by atoms with Crippen molar-refractivity contribution in [2.75, 3.05) is 23.5 Å². The lowest BCUT2D eigenvalue weighted by Crippen LogP contribution is -2.19. The highest BCUT2D eigenvalue weighted by Crippen LogP contribution is 2.26. The molecule has 0 aliphatic carbocycles. The highest BCUT2D eigenvalue weighted by atomic mass is 32.2. The van der Waals surface area contributed by atoms with Crippen molar-refractivity contribution in [2.45, 2.75) is 12.5 Å². The zero-order valence-electron chi connectivity index (χ0n) is 6.66. The molecular weight excluding hydrogens is 180 g/mol. The molecule has 1 fully saturated rings. The lowest BCUT2D eigenvalue weighted by molar-refractivity contribution is 0.148. The van der Waals surface area contributed by atoms with Crippen LogP contribution in [0.15, 0.2) is 0 Å². The summed E-state index contributed by atoms with van der Waals surface area (Å²) in [5.74, 6) is 3.03. The Labute approximate surface area is 74.2 Å². The van der Waals surface area contributed by atoms with E-state index < -0.39 is 10.8 Å². The third-order valence-corrected chi connectivity index (χ3v) is 3.99. The monoisotopic (exact) mass is 194 g/mol. The summed E-state index contributed by atoms with van der Waals surface area (Å²) in [6.45, 7) is 0. The fourth-order valence-corrected chi connectivity index (χ4v) is 3.16. The molecule has 0 aromatic heterocycles. The molecule has 0 aromatic carbocycles. The second-order valence-electron chi connectivity index (χ2n) is 2.93. The summed E-state index contributed by atoms with van der Waals surface area (Å²) in [7, 11) is -0.697. The maximum Gasteiger partial charge on any atom is 0.0666 e.